The lowest BCUT2D eigenvalue weighted by molar-refractivity contribution is 1.53. The van der Waals surface area contributed by atoms with Crippen LogP contribution in [0.3, 0.4) is 0 Å². The van der Waals surface area contributed by atoms with Crippen molar-refractivity contribution in [1.82, 2.24) is 4.98 Å². The number of rotatable bonds is 0. The van der Waals surface area contributed by atoms with Gasteiger partial charge in [-0.3, -0.25) is 0 Å². The van der Waals surface area contributed by atoms with Gasteiger partial charge in [0.25, 0.3) is 0 Å². The first-order valence-electron chi connectivity index (χ1n) is 4.82. The van der Waals surface area contributed by atoms with Crippen molar-refractivity contribution < 1.29 is 0 Å². The van der Waals surface area contributed by atoms with Gasteiger partial charge in [-0.2, -0.15) is 0 Å². The van der Waals surface area contributed by atoms with Crippen LogP contribution in [0.25, 0.3) is 21.8 Å². The van der Waals surface area contributed by atoms with E-state index in [1.807, 2.05) is 30.3 Å². The Labute approximate surface area is 87.7 Å². The SMILES string of the molecule is [C]#Cc1cccc2c1[nH]c1ccccc12. The van der Waals surface area contributed by atoms with Gasteiger partial charge in [-0.05, 0) is 18.6 Å². The molecular weight excluding hydrogens is 182 g/mol. The maximum Gasteiger partial charge on any atom is 0.0624 e. The molecule has 0 aliphatic heterocycles. The lowest BCUT2D eigenvalue weighted by Gasteiger charge is -1.92. The van der Waals surface area contributed by atoms with Crippen LogP contribution in [0.1, 0.15) is 5.56 Å². The lowest BCUT2D eigenvalue weighted by Crippen LogP contribution is -1.75. The van der Waals surface area contributed by atoms with Crippen molar-refractivity contribution in [2.24, 2.45) is 0 Å². The van der Waals surface area contributed by atoms with Crippen molar-refractivity contribution in [1.29, 1.82) is 0 Å². The van der Waals surface area contributed by atoms with Gasteiger partial charge in [-0.25, -0.2) is 0 Å². The number of hydrogen-bond acceptors (Lipinski definition) is 0. The summed E-state index contributed by atoms with van der Waals surface area (Å²) in [5.74, 6) is 2.45. The van der Waals surface area contributed by atoms with Crippen LogP contribution in [0.15, 0.2) is 42.5 Å². The molecule has 0 spiro atoms. The van der Waals surface area contributed by atoms with Gasteiger partial charge in [0, 0.05) is 21.9 Å². The number of aromatic amines is 1. The van der Waals surface area contributed by atoms with E-state index >= 15 is 0 Å². The van der Waals surface area contributed by atoms with Gasteiger partial charge in [-0.15, -0.1) is 0 Å². The molecule has 69 valence electrons. The zero-order valence-electron chi connectivity index (χ0n) is 8.04. The van der Waals surface area contributed by atoms with Crippen molar-refractivity contribution in [3.05, 3.63) is 54.5 Å². The smallest absolute Gasteiger partial charge is 0.0624 e. The van der Waals surface area contributed by atoms with Crippen LogP contribution in [-0.2, 0) is 0 Å². The van der Waals surface area contributed by atoms with Gasteiger partial charge in [0.05, 0.1) is 5.52 Å². The minimum atomic E-state index is 0.809. The molecule has 0 aliphatic rings. The molecule has 3 aromatic rings. The second kappa shape index (κ2) is 2.90. The van der Waals surface area contributed by atoms with Gasteiger partial charge >= 0.3 is 0 Å². The summed E-state index contributed by atoms with van der Waals surface area (Å²) in [5.41, 5.74) is 2.91. The average molecular weight is 190 g/mol. The third-order valence-corrected chi connectivity index (χ3v) is 2.68. The van der Waals surface area contributed by atoms with E-state index in [2.05, 4.69) is 23.0 Å². The number of hydrogen-bond donors (Lipinski definition) is 1. The number of benzene rings is 2. The van der Waals surface area contributed by atoms with Crippen LogP contribution in [-0.4, -0.2) is 4.98 Å². The third-order valence-electron chi connectivity index (χ3n) is 2.68. The topological polar surface area (TPSA) is 15.8 Å². The molecule has 0 bridgehead atoms. The number of para-hydroxylation sites is 2. The normalized spacial score (nSPS) is 10.6. The Morgan fingerprint density at radius 1 is 0.933 bits per heavy atom. The predicted octanol–water partition coefficient (Wildman–Crippen LogP) is 3.26. The number of fused-ring (bicyclic) bond motifs is 3. The fourth-order valence-corrected chi connectivity index (χ4v) is 1.98. The molecule has 0 fully saturated rings. The van der Waals surface area contributed by atoms with E-state index < -0.39 is 0 Å². The molecule has 15 heavy (non-hydrogen) atoms. The molecular formula is C14H8N. The van der Waals surface area contributed by atoms with Crippen LogP contribution < -0.4 is 0 Å². The molecule has 1 nitrogen and oxygen atoms in total. The predicted molar refractivity (Wildman–Crippen MR) is 62.0 cm³/mol. The van der Waals surface area contributed by atoms with Crippen molar-refractivity contribution in [3.8, 4) is 5.92 Å². The van der Waals surface area contributed by atoms with Crippen molar-refractivity contribution >= 4 is 21.8 Å². The third kappa shape index (κ3) is 1.05. The van der Waals surface area contributed by atoms with E-state index in [1.165, 1.54) is 5.39 Å². The Kier molecular flexibility index (Phi) is 1.57. The standard InChI is InChI=1S/C14H8N/c1-2-10-6-5-8-12-11-7-3-4-9-13(11)15-14(10)12/h3-9,15H. The number of nitrogens with one attached hydrogen (secondary N) is 1. The average Bonchev–Trinajstić information content (AvgIpc) is 2.67. The van der Waals surface area contributed by atoms with E-state index in [9.17, 15) is 0 Å². The summed E-state index contributed by atoms with van der Waals surface area (Å²) in [6, 6.07) is 14.1. The molecule has 0 saturated carbocycles. The highest BCUT2D eigenvalue weighted by atomic mass is 14.7. The largest absolute Gasteiger partial charge is 0.353 e. The fourth-order valence-electron chi connectivity index (χ4n) is 1.98. The summed E-state index contributed by atoms with van der Waals surface area (Å²) < 4.78 is 0. The van der Waals surface area contributed by atoms with Crippen LogP contribution in [0.4, 0.5) is 0 Å². The Bertz CT molecular complexity index is 683. The Morgan fingerprint density at radius 2 is 1.73 bits per heavy atom. The monoisotopic (exact) mass is 190 g/mol. The summed E-state index contributed by atoms with van der Waals surface area (Å²) in [4.78, 5) is 3.32. The maximum absolute atomic E-state index is 7.23. The Morgan fingerprint density at radius 3 is 2.60 bits per heavy atom. The first kappa shape index (κ1) is 8.14. The number of aromatic nitrogens is 1. The zero-order chi connectivity index (χ0) is 10.3. The minimum Gasteiger partial charge on any atom is -0.353 e. The molecule has 1 heteroatoms. The number of H-pyrrole nitrogens is 1. The Balaban J connectivity index is 2.61. The highest BCUT2D eigenvalue weighted by molar-refractivity contribution is 6.08. The molecule has 1 N–H and O–H groups in total. The van der Waals surface area contributed by atoms with Gasteiger partial charge in [0.1, 0.15) is 0 Å². The van der Waals surface area contributed by atoms with E-state index in [-0.39, 0.29) is 0 Å². The molecule has 0 amide bonds. The van der Waals surface area contributed by atoms with Crippen molar-refractivity contribution in [2.75, 3.05) is 0 Å². The van der Waals surface area contributed by atoms with Crippen LogP contribution in [0.2, 0.25) is 0 Å². The highest BCUT2D eigenvalue weighted by Gasteiger charge is 2.05. The quantitative estimate of drug-likeness (QED) is 0.524. The Hall–Kier alpha value is -2.20. The molecule has 0 atom stereocenters. The molecule has 3 rings (SSSR count). The maximum atomic E-state index is 7.23. The molecule has 1 heterocycles. The van der Waals surface area contributed by atoms with Crippen LogP contribution in [0, 0.1) is 12.3 Å². The van der Waals surface area contributed by atoms with Crippen molar-refractivity contribution in [3.63, 3.8) is 0 Å². The zero-order valence-corrected chi connectivity index (χ0v) is 8.04. The van der Waals surface area contributed by atoms with E-state index in [1.54, 1.807) is 0 Å². The molecule has 0 saturated heterocycles. The van der Waals surface area contributed by atoms with Gasteiger partial charge in [0.2, 0.25) is 0 Å². The van der Waals surface area contributed by atoms with E-state index in [0.29, 0.717) is 0 Å². The first-order chi connectivity index (χ1) is 7.40. The molecule has 0 unspecified atom stereocenters. The highest BCUT2D eigenvalue weighted by Crippen LogP contribution is 2.26. The van der Waals surface area contributed by atoms with E-state index in [4.69, 9.17) is 6.42 Å². The molecule has 2 aromatic carbocycles. The lowest BCUT2D eigenvalue weighted by atomic mass is 10.1. The van der Waals surface area contributed by atoms with E-state index in [0.717, 1.165) is 22.0 Å². The minimum absolute atomic E-state index is 0.809. The molecule has 1 aromatic heterocycles. The molecule has 0 aliphatic carbocycles. The van der Waals surface area contributed by atoms with Crippen LogP contribution in [0.5, 0.6) is 0 Å². The van der Waals surface area contributed by atoms with Crippen LogP contribution >= 0.6 is 0 Å². The molecule has 1 radical (unpaired) electrons. The summed E-state index contributed by atoms with van der Waals surface area (Å²) >= 11 is 0. The summed E-state index contributed by atoms with van der Waals surface area (Å²) in [5, 5.41) is 2.35. The summed E-state index contributed by atoms with van der Waals surface area (Å²) in [6.45, 7) is 0. The fraction of sp³-hybridized carbons (Fsp3) is 0. The van der Waals surface area contributed by atoms with Gasteiger partial charge < -0.3 is 4.98 Å². The summed E-state index contributed by atoms with van der Waals surface area (Å²) in [7, 11) is 0. The van der Waals surface area contributed by atoms with Gasteiger partial charge in [0.15, 0.2) is 0 Å². The van der Waals surface area contributed by atoms with Crippen molar-refractivity contribution in [2.45, 2.75) is 0 Å². The van der Waals surface area contributed by atoms with Gasteiger partial charge in [-0.1, -0.05) is 36.3 Å². The second-order valence-electron chi connectivity index (χ2n) is 3.52. The summed E-state index contributed by atoms with van der Waals surface area (Å²) in [6.07, 6.45) is 7.23. The second-order valence-corrected chi connectivity index (χ2v) is 3.52. The first-order valence-corrected chi connectivity index (χ1v) is 4.82.